The third-order valence-electron chi connectivity index (χ3n) is 5.36. The van der Waals surface area contributed by atoms with Crippen LogP contribution in [0, 0.1) is 5.82 Å². The molecule has 0 bridgehead atoms. The zero-order valence-corrected chi connectivity index (χ0v) is 18.5. The number of hydrogen-bond donors (Lipinski definition) is 1. The van der Waals surface area contributed by atoms with Gasteiger partial charge in [0.05, 0.1) is 11.4 Å². The van der Waals surface area contributed by atoms with Crippen LogP contribution >= 0.6 is 0 Å². The van der Waals surface area contributed by atoms with Gasteiger partial charge in [0.15, 0.2) is 0 Å². The number of anilines is 1. The quantitative estimate of drug-likeness (QED) is 0.592. The Kier molecular flexibility index (Phi) is 8.00. The molecule has 1 aliphatic rings. The minimum atomic E-state index is -3.83. The lowest BCUT2D eigenvalue weighted by atomic mass is 10.2. The molecular formula is C22H29FN4O3S. The standard InChI is InChI=1S/C22H29FN4O3S/c1-25(31(29,30)21-10-8-19(23)9-11-21)18-22(28)24-12-5-13-26-14-16-27(17-15-26)20-6-3-2-4-7-20/h2-4,6-11H,5,12-18H2,1H3,(H,24,28). The maximum Gasteiger partial charge on any atom is 0.243 e. The van der Waals surface area contributed by atoms with Crippen LogP contribution < -0.4 is 10.2 Å². The Labute approximate surface area is 183 Å². The van der Waals surface area contributed by atoms with E-state index in [1.165, 1.54) is 24.9 Å². The van der Waals surface area contributed by atoms with E-state index < -0.39 is 15.8 Å². The van der Waals surface area contributed by atoms with E-state index in [0.717, 1.165) is 55.6 Å². The van der Waals surface area contributed by atoms with E-state index in [2.05, 4.69) is 27.2 Å². The molecule has 0 aromatic heterocycles. The van der Waals surface area contributed by atoms with Crippen LogP contribution in [0.5, 0.6) is 0 Å². The second-order valence-electron chi connectivity index (χ2n) is 7.58. The van der Waals surface area contributed by atoms with Crippen molar-refractivity contribution < 1.29 is 17.6 Å². The summed E-state index contributed by atoms with van der Waals surface area (Å²) in [6, 6.07) is 14.9. The number of carbonyl (C=O) groups excluding carboxylic acids is 1. The number of amides is 1. The van der Waals surface area contributed by atoms with E-state index in [9.17, 15) is 17.6 Å². The van der Waals surface area contributed by atoms with Gasteiger partial charge in [-0.15, -0.1) is 0 Å². The number of nitrogens with one attached hydrogen (secondary N) is 1. The molecule has 31 heavy (non-hydrogen) atoms. The minimum absolute atomic E-state index is 0.0427. The molecule has 1 saturated heterocycles. The topological polar surface area (TPSA) is 73.0 Å². The highest BCUT2D eigenvalue weighted by Crippen LogP contribution is 2.16. The SMILES string of the molecule is CN(CC(=O)NCCCN1CCN(c2ccccc2)CC1)S(=O)(=O)c1ccc(F)cc1. The van der Waals surface area contributed by atoms with E-state index >= 15 is 0 Å². The lowest BCUT2D eigenvalue weighted by Gasteiger charge is -2.36. The highest BCUT2D eigenvalue weighted by atomic mass is 32.2. The molecule has 7 nitrogen and oxygen atoms in total. The summed E-state index contributed by atoms with van der Waals surface area (Å²) in [5.41, 5.74) is 1.24. The largest absolute Gasteiger partial charge is 0.369 e. The summed E-state index contributed by atoms with van der Waals surface area (Å²) in [6.07, 6.45) is 0.797. The van der Waals surface area contributed by atoms with Crippen molar-refractivity contribution in [2.45, 2.75) is 11.3 Å². The molecule has 0 saturated carbocycles. The van der Waals surface area contributed by atoms with Crippen molar-refractivity contribution in [1.82, 2.24) is 14.5 Å². The predicted molar refractivity (Wildman–Crippen MR) is 119 cm³/mol. The summed E-state index contributed by atoms with van der Waals surface area (Å²) in [5, 5.41) is 2.78. The molecule has 1 fully saturated rings. The Balaban J connectivity index is 1.34. The second kappa shape index (κ2) is 10.7. The van der Waals surface area contributed by atoms with Gasteiger partial charge in [0.25, 0.3) is 0 Å². The van der Waals surface area contributed by atoms with Crippen LogP contribution in [0.4, 0.5) is 10.1 Å². The average molecular weight is 449 g/mol. The van der Waals surface area contributed by atoms with Crippen molar-refractivity contribution in [1.29, 1.82) is 0 Å². The molecule has 0 atom stereocenters. The number of nitrogens with zero attached hydrogens (tertiary/aromatic N) is 3. The highest BCUT2D eigenvalue weighted by molar-refractivity contribution is 7.89. The third-order valence-corrected chi connectivity index (χ3v) is 7.17. The number of carbonyl (C=O) groups is 1. The maximum absolute atomic E-state index is 13.0. The Morgan fingerprint density at radius 2 is 1.68 bits per heavy atom. The zero-order valence-electron chi connectivity index (χ0n) is 17.7. The zero-order chi connectivity index (χ0) is 22.3. The molecule has 9 heteroatoms. The number of para-hydroxylation sites is 1. The highest BCUT2D eigenvalue weighted by Gasteiger charge is 2.23. The number of piperazine rings is 1. The molecule has 168 valence electrons. The fourth-order valence-electron chi connectivity index (χ4n) is 3.53. The van der Waals surface area contributed by atoms with Gasteiger partial charge in [-0.05, 0) is 49.4 Å². The van der Waals surface area contributed by atoms with E-state index in [4.69, 9.17) is 0 Å². The van der Waals surface area contributed by atoms with Crippen LogP contribution in [0.3, 0.4) is 0 Å². The van der Waals surface area contributed by atoms with Gasteiger partial charge in [0, 0.05) is 45.5 Å². The van der Waals surface area contributed by atoms with Crippen molar-refractivity contribution in [3.8, 4) is 0 Å². The van der Waals surface area contributed by atoms with Gasteiger partial charge >= 0.3 is 0 Å². The van der Waals surface area contributed by atoms with Crippen molar-refractivity contribution in [2.75, 3.05) is 57.8 Å². The number of benzene rings is 2. The fraction of sp³-hybridized carbons (Fsp3) is 0.409. The molecule has 0 spiro atoms. The Morgan fingerprint density at radius 3 is 2.32 bits per heavy atom. The van der Waals surface area contributed by atoms with Crippen molar-refractivity contribution in [3.63, 3.8) is 0 Å². The van der Waals surface area contributed by atoms with Crippen molar-refractivity contribution in [3.05, 3.63) is 60.4 Å². The summed E-state index contributed by atoms with van der Waals surface area (Å²) < 4.78 is 38.9. The van der Waals surface area contributed by atoms with Gasteiger partial charge in [0.2, 0.25) is 15.9 Å². The van der Waals surface area contributed by atoms with Gasteiger partial charge in [-0.1, -0.05) is 18.2 Å². The Morgan fingerprint density at radius 1 is 1.03 bits per heavy atom. The van der Waals surface area contributed by atoms with E-state index in [0.29, 0.717) is 6.54 Å². The number of likely N-dealkylation sites (N-methyl/N-ethyl adjacent to an activating group) is 1. The monoisotopic (exact) mass is 448 g/mol. The normalized spacial score (nSPS) is 15.3. The van der Waals surface area contributed by atoms with E-state index in [1.807, 2.05) is 18.2 Å². The molecule has 1 amide bonds. The first-order chi connectivity index (χ1) is 14.9. The Bertz CT molecular complexity index is 946. The second-order valence-corrected chi connectivity index (χ2v) is 9.63. The summed E-state index contributed by atoms with van der Waals surface area (Å²) in [6.45, 7) is 4.98. The smallest absolute Gasteiger partial charge is 0.243 e. The van der Waals surface area contributed by atoms with Crippen LogP contribution in [0.25, 0.3) is 0 Å². The molecule has 1 N–H and O–H groups in total. The fourth-order valence-corrected chi connectivity index (χ4v) is 4.66. The van der Waals surface area contributed by atoms with E-state index in [-0.39, 0.29) is 17.3 Å². The lowest BCUT2D eigenvalue weighted by molar-refractivity contribution is -0.121. The molecule has 1 heterocycles. The van der Waals surface area contributed by atoms with Crippen LogP contribution in [0.1, 0.15) is 6.42 Å². The van der Waals surface area contributed by atoms with Crippen molar-refractivity contribution in [2.24, 2.45) is 0 Å². The molecule has 0 radical (unpaired) electrons. The lowest BCUT2D eigenvalue weighted by Crippen LogP contribution is -2.47. The predicted octanol–water partition coefficient (Wildman–Crippen LogP) is 1.77. The average Bonchev–Trinajstić information content (AvgIpc) is 2.78. The molecule has 2 aromatic carbocycles. The molecule has 0 aliphatic carbocycles. The maximum atomic E-state index is 13.0. The molecule has 1 aliphatic heterocycles. The summed E-state index contributed by atoms with van der Waals surface area (Å²) in [5.74, 6) is -0.872. The number of hydrogen-bond acceptors (Lipinski definition) is 5. The van der Waals surface area contributed by atoms with E-state index in [1.54, 1.807) is 0 Å². The summed E-state index contributed by atoms with van der Waals surface area (Å²) in [7, 11) is -2.50. The van der Waals surface area contributed by atoms with Gasteiger partial charge in [-0.3, -0.25) is 9.69 Å². The van der Waals surface area contributed by atoms with Crippen molar-refractivity contribution >= 4 is 21.6 Å². The summed E-state index contributed by atoms with van der Waals surface area (Å²) >= 11 is 0. The van der Waals surface area contributed by atoms with Gasteiger partial charge < -0.3 is 10.2 Å². The van der Waals surface area contributed by atoms with Gasteiger partial charge in [-0.2, -0.15) is 4.31 Å². The molecule has 0 unspecified atom stereocenters. The molecular weight excluding hydrogens is 419 g/mol. The van der Waals surface area contributed by atoms with Gasteiger partial charge in [0.1, 0.15) is 5.82 Å². The summed E-state index contributed by atoms with van der Waals surface area (Å²) in [4.78, 5) is 16.8. The Hall–Kier alpha value is -2.49. The van der Waals surface area contributed by atoms with Crippen LogP contribution in [-0.4, -0.2) is 76.4 Å². The first-order valence-corrected chi connectivity index (χ1v) is 11.8. The first kappa shape index (κ1) is 23.2. The van der Waals surface area contributed by atoms with Crippen LogP contribution in [0.15, 0.2) is 59.5 Å². The molecule has 2 aromatic rings. The minimum Gasteiger partial charge on any atom is -0.369 e. The van der Waals surface area contributed by atoms with Crippen LogP contribution in [0.2, 0.25) is 0 Å². The number of halogens is 1. The number of rotatable bonds is 9. The molecule has 3 rings (SSSR count). The number of sulfonamides is 1. The first-order valence-electron chi connectivity index (χ1n) is 10.4. The van der Waals surface area contributed by atoms with Crippen LogP contribution in [-0.2, 0) is 14.8 Å². The van der Waals surface area contributed by atoms with Gasteiger partial charge in [-0.25, -0.2) is 12.8 Å². The third kappa shape index (κ3) is 6.49.